The highest BCUT2D eigenvalue weighted by atomic mass is 19.4. The van der Waals surface area contributed by atoms with Crippen LogP contribution in [-0.2, 0) is 12.7 Å². The Morgan fingerprint density at radius 3 is 2.57 bits per heavy atom. The third-order valence-electron chi connectivity index (χ3n) is 7.05. The van der Waals surface area contributed by atoms with Crippen LogP contribution < -0.4 is 10.6 Å². The summed E-state index contributed by atoms with van der Waals surface area (Å²) in [6, 6.07) is 5.43. The number of hydrogen-bond acceptors (Lipinski definition) is 7. The summed E-state index contributed by atoms with van der Waals surface area (Å²) in [5, 5.41) is 5.94. The lowest BCUT2D eigenvalue weighted by atomic mass is 10.00. The van der Waals surface area contributed by atoms with Crippen LogP contribution in [0, 0.1) is 25.7 Å². The lowest BCUT2D eigenvalue weighted by Crippen LogP contribution is -2.56. The van der Waals surface area contributed by atoms with E-state index < -0.39 is 17.6 Å². The van der Waals surface area contributed by atoms with Crippen molar-refractivity contribution in [2.24, 2.45) is 0 Å². The highest BCUT2D eigenvalue weighted by molar-refractivity contribution is 6.04. The zero-order valence-electron chi connectivity index (χ0n) is 23.7. The maximum Gasteiger partial charge on any atom is 0.416 e. The number of benzene rings is 1. The van der Waals surface area contributed by atoms with Gasteiger partial charge in [0, 0.05) is 61.6 Å². The molecule has 0 saturated carbocycles. The third kappa shape index (κ3) is 6.73. The molecule has 0 bridgehead atoms. The van der Waals surface area contributed by atoms with Crippen molar-refractivity contribution in [3.63, 3.8) is 0 Å². The molecule has 0 unspecified atom stereocenters. The van der Waals surface area contributed by atoms with Crippen molar-refractivity contribution < 1.29 is 18.0 Å². The van der Waals surface area contributed by atoms with Crippen molar-refractivity contribution in [2.45, 2.75) is 46.0 Å². The summed E-state index contributed by atoms with van der Waals surface area (Å²) in [4.78, 5) is 32.4. The molecular weight excluding hydrogens is 543 g/mol. The first-order valence-corrected chi connectivity index (χ1v) is 13.4. The molecule has 4 aromatic rings. The number of aromatic nitrogens is 4. The first-order valence-electron chi connectivity index (χ1n) is 13.4. The molecule has 1 aliphatic heterocycles. The van der Waals surface area contributed by atoms with Gasteiger partial charge in [-0.2, -0.15) is 13.2 Å². The Morgan fingerprint density at radius 2 is 1.81 bits per heavy atom. The summed E-state index contributed by atoms with van der Waals surface area (Å²) in [7, 11) is 0. The quantitative estimate of drug-likeness (QED) is 0.336. The number of hydrogen-bond donors (Lipinski definition) is 2. The zero-order valence-corrected chi connectivity index (χ0v) is 23.7. The van der Waals surface area contributed by atoms with Crippen LogP contribution in [0.5, 0.6) is 0 Å². The summed E-state index contributed by atoms with van der Waals surface area (Å²) >= 11 is 0. The Balaban J connectivity index is 1.35. The topological polar surface area (TPSA) is 95.9 Å². The Labute approximate surface area is 241 Å². The monoisotopic (exact) mass is 573 g/mol. The highest BCUT2D eigenvalue weighted by Crippen LogP contribution is 2.35. The molecule has 11 heteroatoms. The number of halogens is 3. The van der Waals surface area contributed by atoms with Gasteiger partial charge in [-0.3, -0.25) is 19.7 Å². The summed E-state index contributed by atoms with van der Waals surface area (Å²) < 4.78 is 42.1. The number of piperazine rings is 1. The molecule has 1 aromatic carbocycles. The number of fused-ring (bicyclic) bond motifs is 1. The van der Waals surface area contributed by atoms with E-state index in [1.54, 1.807) is 12.4 Å². The van der Waals surface area contributed by atoms with E-state index in [0.717, 1.165) is 17.5 Å². The number of nitrogens with one attached hydrogen (secondary N) is 2. The van der Waals surface area contributed by atoms with Crippen molar-refractivity contribution in [1.82, 2.24) is 30.2 Å². The van der Waals surface area contributed by atoms with E-state index in [1.807, 2.05) is 32.6 Å². The second-order valence-corrected chi connectivity index (χ2v) is 11.0. The van der Waals surface area contributed by atoms with Gasteiger partial charge in [0.25, 0.3) is 5.91 Å². The number of carbonyl (C=O) groups excluding carboxylic acids is 1. The summed E-state index contributed by atoms with van der Waals surface area (Å²) in [6.45, 7) is 9.92. The number of anilines is 1. The van der Waals surface area contributed by atoms with Gasteiger partial charge in [0.1, 0.15) is 11.0 Å². The maximum atomic E-state index is 14.0. The number of carbonyl (C=O) groups is 1. The molecule has 5 rings (SSSR count). The van der Waals surface area contributed by atoms with Gasteiger partial charge in [0.2, 0.25) is 0 Å². The molecule has 8 nitrogen and oxygen atoms in total. The molecule has 3 aromatic heterocycles. The minimum absolute atomic E-state index is 0.0410. The van der Waals surface area contributed by atoms with Gasteiger partial charge in [0.05, 0.1) is 34.3 Å². The maximum absolute atomic E-state index is 14.0. The van der Waals surface area contributed by atoms with E-state index in [0.29, 0.717) is 41.8 Å². The smallest absolute Gasteiger partial charge is 0.322 e. The number of amides is 1. The van der Waals surface area contributed by atoms with Gasteiger partial charge in [-0.05, 0) is 51.5 Å². The van der Waals surface area contributed by atoms with Gasteiger partial charge in [-0.1, -0.05) is 17.9 Å². The van der Waals surface area contributed by atoms with Crippen LogP contribution in [0.3, 0.4) is 0 Å². The number of nitrogens with zero attached hydrogens (tertiary/aromatic N) is 5. The van der Waals surface area contributed by atoms with E-state index >= 15 is 0 Å². The Hall–Kier alpha value is -4.40. The Morgan fingerprint density at radius 1 is 1.05 bits per heavy atom. The Kier molecular flexibility index (Phi) is 7.95. The van der Waals surface area contributed by atoms with Gasteiger partial charge < -0.3 is 10.6 Å². The molecule has 0 atom stereocenters. The fourth-order valence-corrected chi connectivity index (χ4v) is 4.90. The van der Waals surface area contributed by atoms with Crippen LogP contribution in [0.2, 0.25) is 0 Å². The molecule has 1 amide bonds. The zero-order chi connectivity index (χ0) is 30.1. The van der Waals surface area contributed by atoms with Gasteiger partial charge in [-0.25, -0.2) is 9.97 Å². The predicted octanol–water partition coefficient (Wildman–Crippen LogP) is 4.89. The molecule has 42 heavy (non-hydrogen) atoms. The van der Waals surface area contributed by atoms with E-state index in [9.17, 15) is 18.0 Å². The van der Waals surface area contributed by atoms with Crippen molar-refractivity contribution in [3.8, 4) is 11.8 Å². The van der Waals surface area contributed by atoms with Crippen LogP contribution in [0.4, 0.5) is 18.9 Å². The van der Waals surface area contributed by atoms with Crippen molar-refractivity contribution in [1.29, 1.82) is 0 Å². The summed E-state index contributed by atoms with van der Waals surface area (Å²) in [5.74, 6) is 5.39. The number of aryl methyl sites for hydroxylation is 2. The fraction of sp³-hybridized carbons (Fsp3) is 0.323. The predicted molar refractivity (Wildman–Crippen MR) is 154 cm³/mol. The first-order chi connectivity index (χ1) is 19.9. The third-order valence-corrected chi connectivity index (χ3v) is 7.05. The number of alkyl halides is 3. The van der Waals surface area contributed by atoms with Crippen LogP contribution in [0.25, 0.3) is 11.0 Å². The first kappa shape index (κ1) is 29.1. The van der Waals surface area contributed by atoms with E-state index in [1.165, 1.54) is 30.6 Å². The van der Waals surface area contributed by atoms with Crippen LogP contribution >= 0.6 is 0 Å². The molecule has 0 aliphatic carbocycles. The molecule has 216 valence electrons. The second-order valence-electron chi connectivity index (χ2n) is 11.0. The lowest BCUT2D eigenvalue weighted by molar-refractivity contribution is -0.138. The largest absolute Gasteiger partial charge is 0.416 e. The summed E-state index contributed by atoms with van der Waals surface area (Å²) in [5.41, 5.74) is 3.25. The summed E-state index contributed by atoms with van der Waals surface area (Å²) in [6.07, 6.45) is 1.47. The van der Waals surface area contributed by atoms with Crippen molar-refractivity contribution >= 4 is 22.6 Å². The molecule has 4 heterocycles. The van der Waals surface area contributed by atoms with Gasteiger partial charge in [0.15, 0.2) is 0 Å². The van der Waals surface area contributed by atoms with E-state index in [-0.39, 0.29) is 28.9 Å². The number of pyridine rings is 2. The second kappa shape index (κ2) is 11.5. The van der Waals surface area contributed by atoms with Crippen LogP contribution in [-0.4, -0.2) is 55.9 Å². The standard InChI is InChI=1S/C31H30F3N7O/c1-19-20(2)39-28-22(14-36-16-27(28)38-19)6-5-21-11-24(15-35-13-21)29(42)40-25-8-7-23(26(12-25)31(32,33)34)17-41-10-9-37-30(3,4)18-41/h7-8,11-16,37H,9-10,17-18H2,1-4H3,(H,40,42). The van der Waals surface area contributed by atoms with E-state index in [4.69, 9.17) is 0 Å². The molecule has 1 aliphatic rings. The molecular formula is C31H30F3N7O. The Bertz CT molecular complexity index is 1720. The van der Waals surface area contributed by atoms with Gasteiger partial charge in [-0.15, -0.1) is 0 Å². The normalized spacial score (nSPS) is 15.2. The molecule has 1 saturated heterocycles. The number of rotatable bonds is 4. The molecule has 0 spiro atoms. The van der Waals surface area contributed by atoms with Gasteiger partial charge >= 0.3 is 6.18 Å². The van der Waals surface area contributed by atoms with Crippen LogP contribution in [0.1, 0.15) is 57.8 Å². The minimum Gasteiger partial charge on any atom is -0.322 e. The van der Waals surface area contributed by atoms with Crippen molar-refractivity contribution in [2.75, 3.05) is 25.0 Å². The molecule has 2 N–H and O–H groups in total. The average Bonchev–Trinajstić information content (AvgIpc) is 2.92. The van der Waals surface area contributed by atoms with E-state index in [2.05, 4.69) is 42.4 Å². The molecule has 0 radical (unpaired) electrons. The SMILES string of the molecule is Cc1nc2cncc(C#Cc3cncc(C(=O)Nc4ccc(CN5CCNC(C)(C)C5)c(C(F)(F)F)c4)c3)c2nc1C. The highest BCUT2D eigenvalue weighted by Gasteiger charge is 2.35. The molecule has 1 fully saturated rings. The van der Waals surface area contributed by atoms with Crippen LogP contribution in [0.15, 0.2) is 49.1 Å². The minimum atomic E-state index is -4.57. The fourth-order valence-electron chi connectivity index (χ4n) is 4.90. The van der Waals surface area contributed by atoms with Crippen molar-refractivity contribution in [3.05, 3.63) is 88.3 Å². The lowest BCUT2D eigenvalue weighted by Gasteiger charge is -2.39. The average molecular weight is 574 g/mol.